The minimum absolute atomic E-state index is 0.00892. The zero-order valence-electron chi connectivity index (χ0n) is 24.1. The van der Waals surface area contributed by atoms with Gasteiger partial charge in [0.1, 0.15) is 34.8 Å². The molecule has 3 aliphatic rings. The van der Waals surface area contributed by atoms with E-state index in [-0.39, 0.29) is 31.4 Å². The van der Waals surface area contributed by atoms with Gasteiger partial charge < -0.3 is 34.5 Å². The lowest BCUT2D eigenvalue weighted by atomic mass is 10.0. The molecule has 12 nitrogen and oxygen atoms in total. The number of amides is 3. The third kappa shape index (κ3) is 6.52. The zero-order valence-corrected chi connectivity index (χ0v) is 24.1. The van der Waals surface area contributed by atoms with Crippen molar-refractivity contribution in [2.45, 2.75) is 95.0 Å². The SMILES string of the molecule is CC(C)(C)OC(=O)N[C@H]1CCCCCC=C[C@@H]2C[C@@]2(C(=O)O)NC(=O)[C@@H]2C[C@@H](Oc3nc4ccccc4o3)CN2C1=O. The van der Waals surface area contributed by atoms with Crippen molar-refractivity contribution >= 4 is 35.0 Å². The molecule has 42 heavy (non-hydrogen) atoms. The van der Waals surface area contributed by atoms with Crippen molar-refractivity contribution < 1.29 is 38.2 Å². The Morgan fingerprint density at radius 3 is 2.71 bits per heavy atom. The van der Waals surface area contributed by atoms with Gasteiger partial charge in [-0.05, 0) is 58.6 Å². The van der Waals surface area contributed by atoms with Crippen LogP contribution >= 0.6 is 0 Å². The van der Waals surface area contributed by atoms with Crippen molar-refractivity contribution in [3.8, 4) is 6.08 Å². The molecule has 226 valence electrons. The number of carbonyl (C=O) groups excluding carboxylic acids is 3. The van der Waals surface area contributed by atoms with Crippen LogP contribution in [0.3, 0.4) is 0 Å². The average molecular weight is 583 g/mol. The largest absolute Gasteiger partial charge is 0.479 e. The first-order valence-electron chi connectivity index (χ1n) is 14.5. The number of hydrogen-bond acceptors (Lipinski definition) is 8. The van der Waals surface area contributed by atoms with Crippen LogP contribution in [0, 0.1) is 5.92 Å². The predicted octanol–water partition coefficient (Wildman–Crippen LogP) is 3.55. The molecular weight excluding hydrogens is 544 g/mol. The van der Waals surface area contributed by atoms with Crippen LogP contribution in [0.15, 0.2) is 40.8 Å². The van der Waals surface area contributed by atoms with Gasteiger partial charge in [0, 0.05) is 12.3 Å². The van der Waals surface area contributed by atoms with Crippen LogP contribution in [0.2, 0.25) is 0 Å². The van der Waals surface area contributed by atoms with Crippen LogP contribution in [0.25, 0.3) is 11.1 Å². The second-order valence-corrected chi connectivity index (χ2v) is 12.3. The molecule has 1 aromatic carbocycles. The molecule has 3 N–H and O–H groups in total. The molecule has 0 radical (unpaired) electrons. The number of benzene rings is 1. The summed E-state index contributed by atoms with van der Waals surface area (Å²) in [6.07, 6.45) is 6.22. The number of aromatic nitrogens is 1. The number of carboxylic acids is 1. The lowest BCUT2D eigenvalue weighted by Gasteiger charge is -2.30. The van der Waals surface area contributed by atoms with E-state index >= 15 is 0 Å². The Morgan fingerprint density at radius 2 is 1.98 bits per heavy atom. The molecule has 2 aromatic rings. The second kappa shape index (κ2) is 11.7. The van der Waals surface area contributed by atoms with Crippen LogP contribution < -0.4 is 15.4 Å². The monoisotopic (exact) mass is 582 g/mol. The quantitative estimate of drug-likeness (QED) is 0.458. The number of oxazole rings is 1. The minimum Gasteiger partial charge on any atom is -0.479 e. The topological polar surface area (TPSA) is 160 Å². The Balaban J connectivity index is 1.41. The van der Waals surface area contributed by atoms with E-state index in [4.69, 9.17) is 13.9 Å². The van der Waals surface area contributed by atoms with Gasteiger partial charge in [-0.1, -0.05) is 37.1 Å². The lowest BCUT2D eigenvalue weighted by molar-refractivity contribution is -0.145. The Hall–Kier alpha value is -4.09. The zero-order chi connectivity index (χ0) is 30.1. The highest BCUT2D eigenvalue weighted by Crippen LogP contribution is 2.45. The molecule has 5 atom stereocenters. The summed E-state index contributed by atoms with van der Waals surface area (Å²) >= 11 is 0. The second-order valence-electron chi connectivity index (χ2n) is 12.3. The summed E-state index contributed by atoms with van der Waals surface area (Å²) in [5, 5.41) is 15.5. The summed E-state index contributed by atoms with van der Waals surface area (Å²) in [6, 6.07) is 5.19. The van der Waals surface area contributed by atoms with Gasteiger partial charge >= 0.3 is 18.1 Å². The molecule has 5 rings (SSSR count). The maximum Gasteiger partial charge on any atom is 0.408 e. The summed E-state index contributed by atoms with van der Waals surface area (Å²) in [6.45, 7) is 5.22. The average Bonchev–Trinajstić information content (AvgIpc) is 3.24. The summed E-state index contributed by atoms with van der Waals surface area (Å²) < 4.78 is 17.1. The predicted molar refractivity (Wildman–Crippen MR) is 151 cm³/mol. The van der Waals surface area contributed by atoms with Crippen LogP contribution in [-0.4, -0.2) is 74.7 Å². The summed E-state index contributed by atoms with van der Waals surface area (Å²) in [5.74, 6) is -2.50. The molecule has 1 saturated heterocycles. The van der Waals surface area contributed by atoms with Crippen LogP contribution in [0.4, 0.5) is 4.79 Å². The molecule has 12 heteroatoms. The smallest absolute Gasteiger partial charge is 0.408 e. The maximum atomic E-state index is 14.0. The van der Waals surface area contributed by atoms with E-state index in [1.807, 2.05) is 24.3 Å². The first-order chi connectivity index (χ1) is 19.9. The van der Waals surface area contributed by atoms with E-state index in [9.17, 15) is 24.3 Å². The highest BCUT2D eigenvalue weighted by Gasteiger charge is 2.61. The maximum absolute atomic E-state index is 14.0. The molecule has 0 unspecified atom stereocenters. The molecule has 3 amide bonds. The number of ether oxygens (including phenoxy) is 2. The first kappa shape index (κ1) is 29.4. The normalized spacial score (nSPS) is 28.6. The van der Waals surface area contributed by atoms with Gasteiger partial charge in [-0.2, -0.15) is 4.98 Å². The van der Waals surface area contributed by atoms with Gasteiger partial charge in [-0.25, -0.2) is 9.59 Å². The van der Waals surface area contributed by atoms with E-state index in [1.54, 1.807) is 32.9 Å². The van der Waals surface area contributed by atoms with Crippen LogP contribution in [0.1, 0.15) is 65.7 Å². The Kier molecular flexibility index (Phi) is 8.16. The van der Waals surface area contributed by atoms with Gasteiger partial charge in [0.25, 0.3) is 0 Å². The molecule has 0 bridgehead atoms. The Labute approximate surface area is 243 Å². The third-order valence-corrected chi connectivity index (χ3v) is 7.85. The third-order valence-electron chi connectivity index (χ3n) is 7.85. The highest BCUT2D eigenvalue weighted by atomic mass is 16.6. The molecule has 1 aromatic heterocycles. The number of carbonyl (C=O) groups is 4. The summed E-state index contributed by atoms with van der Waals surface area (Å²) in [7, 11) is 0. The van der Waals surface area contributed by atoms with Crippen LogP contribution in [0.5, 0.6) is 6.08 Å². The number of carboxylic acid groups (broad SMARTS) is 1. The highest BCUT2D eigenvalue weighted by molar-refractivity contribution is 5.96. The first-order valence-corrected chi connectivity index (χ1v) is 14.5. The van der Waals surface area contributed by atoms with Gasteiger partial charge in [0.05, 0.1) is 6.54 Å². The number of nitrogens with zero attached hydrogens (tertiary/aromatic N) is 2. The number of alkyl carbamates (subject to hydrolysis) is 1. The van der Waals surface area contributed by atoms with E-state index in [2.05, 4.69) is 15.6 Å². The number of nitrogens with one attached hydrogen (secondary N) is 2. The fourth-order valence-electron chi connectivity index (χ4n) is 5.64. The number of rotatable bonds is 4. The minimum atomic E-state index is -1.42. The molecular formula is C30H38N4O8. The number of allylic oxidation sites excluding steroid dienone is 1. The van der Waals surface area contributed by atoms with Gasteiger partial charge in [-0.3, -0.25) is 9.59 Å². The number of fused-ring (bicyclic) bond motifs is 3. The number of hydrogen-bond donors (Lipinski definition) is 3. The summed E-state index contributed by atoms with van der Waals surface area (Å²) in [4.78, 5) is 58.4. The van der Waals surface area contributed by atoms with Crippen molar-refractivity contribution in [2.24, 2.45) is 5.92 Å². The summed E-state index contributed by atoms with van der Waals surface area (Å²) in [5.41, 5.74) is -1.05. The van der Waals surface area contributed by atoms with Gasteiger partial charge in [-0.15, -0.1) is 0 Å². The van der Waals surface area contributed by atoms with Crippen molar-refractivity contribution in [2.75, 3.05) is 6.54 Å². The fraction of sp³-hybridized carbons (Fsp3) is 0.567. The standard InChI is InChI=1S/C30H38N4O8/c1-29(2,3)42-27(39)31-21-13-8-6-4-5-7-11-18-16-30(18,26(37)38)33-24(35)22-15-19(17-34(22)25(21)36)40-28-32-20-12-9-10-14-23(20)41-28/h7,9-12,14,18-19,21-22H,4-6,8,13,15-17H2,1-3H3,(H,31,39)(H,33,35)(H,37,38)/t18-,19-,21+,22+,30-/m1/s1. The van der Waals surface area contributed by atoms with Gasteiger partial charge in [0.2, 0.25) is 11.8 Å². The van der Waals surface area contributed by atoms with Crippen molar-refractivity contribution in [3.63, 3.8) is 0 Å². The van der Waals surface area contributed by atoms with Gasteiger partial charge in [0.15, 0.2) is 5.58 Å². The van der Waals surface area contributed by atoms with Crippen molar-refractivity contribution in [1.29, 1.82) is 0 Å². The molecule has 1 aliphatic carbocycles. The van der Waals surface area contributed by atoms with E-state index in [0.29, 0.717) is 23.9 Å². The Morgan fingerprint density at radius 1 is 1.19 bits per heavy atom. The van der Waals surface area contributed by atoms with Crippen molar-refractivity contribution in [3.05, 3.63) is 36.4 Å². The number of aliphatic carboxylic acids is 1. The number of para-hydroxylation sites is 2. The molecule has 2 fully saturated rings. The lowest BCUT2D eigenvalue weighted by Crippen LogP contribution is -2.56. The Bertz CT molecular complexity index is 1350. The van der Waals surface area contributed by atoms with Crippen molar-refractivity contribution in [1.82, 2.24) is 20.5 Å². The van der Waals surface area contributed by atoms with E-state index in [0.717, 1.165) is 19.3 Å². The van der Waals surface area contributed by atoms with Crippen LogP contribution in [-0.2, 0) is 19.1 Å². The van der Waals surface area contributed by atoms with E-state index < -0.39 is 53.2 Å². The van der Waals surface area contributed by atoms with E-state index in [1.165, 1.54) is 4.90 Å². The fourth-order valence-corrected chi connectivity index (χ4v) is 5.64. The molecule has 2 aliphatic heterocycles. The molecule has 0 spiro atoms. The molecule has 1 saturated carbocycles. The molecule has 3 heterocycles.